The number of hydrogen-bond donors (Lipinski definition) is 3. The maximum absolute atomic E-state index is 14.6. The van der Waals surface area contributed by atoms with Gasteiger partial charge in [0.1, 0.15) is 30.7 Å². The smallest absolute Gasteiger partial charge is 0.459 e. The van der Waals surface area contributed by atoms with Crippen LogP contribution in [-0.4, -0.2) is 66.8 Å². The zero-order valence-corrected chi connectivity index (χ0v) is 26.6. The highest BCUT2D eigenvalue weighted by Gasteiger charge is 2.53. The summed E-state index contributed by atoms with van der Waals surface area (Å²) in [5, 5.41) is 14.3. The van der Waals surface area contributed by atoms with E-state index in [1.54, 1.807) is 45.9 Å². The van der Waals surface area contributed by atoms with Gasteiger partial charge in [-0.25, -0.2) is 9.55 Å². The second kappa shape index (κ2) is 13.9. The van der Waals surface area contributed by atoms with E-state index >= 15 is 0 Å². The number of carbonyl (C=O) groups is 3. The number of carboxylic acids is 1. The molecule has 2 unspecified atom stereocenters. The summed E-state index contributed by atoms with van der Waals surface area (Å²) >= 11 is 0. The lowest BCUT2D eigenvalue weighted by molar-refractivity contribution is -0.161. The monoisotopic (exact) mass is 660 g/mol. The number of fused-ring (bicyclic) bond motifs is 1. The van der Waals surface area contributed by atoms with Crippen molar-refractivity contribution >= 4 is 42.6 Å². The first-order chi connectivity index (χ1) is 21.7. The minimum atomic E-state index is -4.47. The number of ether oxygens (including phenoxy) is 2. The molecule has 0 aliphatic carbocycles. The van der Waals surface area contributed by atoms with Crippen molar-refractivity contribution in [1.29, 1.82) is 0 Å². The van der Waals surface area contributed by atoms with Crippen molar-refractivity contribution in [3.8, 4) is 18.1 Å². The van der Waals surface area contributed by atoms with E-state index in [1.807, 2.05) is 0 Å². The van der Waals surface area contributed by atoms with Gasteiger partial charge in [0.2, 0.25) is 5.91 Å². The minimum absolute atomic E-state index is 0.0526. The van der Waals surface area contributed by atoms with E-state index < -0.39 is 74.1 Å². The quantitative estimate of drug-likeness (QED) is 0.104. The van der Waals surface area contributed by atoms with E-state index in [1.165, 1.54) is 30.0 Å². The molecule has 0 radical (unpaired) electrons. The summed E-state index contributed by atoms with van der Waals surface area (Å²) < 4.78 is 53.0. The summed E-state index contributed by atoms with van der Waals surface area (Å²) in [5.74, 6) is -1.01. The molecule has 0 saturated carbocycles. The number of para-hydroxylation sites is 1. The van der Waals surface area contributed by atoms with Crippen LogP contribution in [0.15, 0.2) is 36.7 Å². The molecule has 3 aromatic rings. The summed E-state index contributed by atoms with van der Waals surface area (Å²) in [6.07, 6.45) is 3.66. The summed E-state index contributed by atoms with van der Waals surface area (Å²) in [7, 11) is -4.47. The molecule has 0 bridgehead atoms. The van der Waals surface area contributed by atoms with Crippen molar-refractivity contribution in [2.75, 3.05) is 11.9 Å². The molecule has 15 nitrogen and oxygen atoms in total. The zero-order valence-electron chi connectivity index (χ0n) is 25.7. The van der Waals surface area contributed by atoms with Gasteiger partial charge in [0.25, 0.3) is 0 Å². The number of halogens is 1. The molecule has 17 heteroatoms. The van der Waals surface area contributed by atoms with E-state index in [-0.39, 0.29) is 29.2 Å². The molecule has 1 amide bonds. The SMILES string of the molecule is C#C[C@]1(COP(=O)(NC(C)C(=O)O)Oc2ccccc2)O[C@@H](n2cnc3c(NC(=O)C(C)C)nc(F)nc32)C[C@@H]1OC(=O)C(C)C. The van der Waals surface area contributed by atoms with Crippen molar-refractivity contribution in [3.63, 3.8) is 0 Å². The molecule has 46 heavy (non-hydrogen) atoms. The fraction of sp³-hybridized carbons (Fsp3) is 0.448. The lowest BCUT2D eigenvalue weighted by Gasteiger charge is -2.31. The Balaban J connectivity index is 1.70. The Hall–Kier alpha value is -4.42. The Kier molecular flexibility index (Phi) is 10.4. The highest BCUT2D eigenvalue weighted by molar-refractivity contribution is 7.52. The number of benzene rings is 1. The fourth-order valence-electron chi connectivity index (χ4n) is 4.26. The summed E-state index contributed by atoms with van der Waals surface area (Å²) in [4.78, 5) is 48.4. The molecule has 5 atom stereocenters. The van der Waals surface area contributed by atoms with Gasteiger partial charge in [-0.1, -0.05) is 51.8 Å². The van der Waals surface area contributed by atoms with Crippen LogP contribution in [-0.2, 0) is 32.9 Å². The Labute approximate surface area is 263 Å². The average molecular weight is 661 g/mol. The number of nitrogens with zero attached hydrogens (tertiary/aromatic N) is 4. The Bertz CT molecular complexity index is 1700. The number of nitrogens with one attached hydrogen (secondary N) is 2. The number of anilines is 1. The third kappa shape index (κ3) is 7.68. The average Bonchev–Trinajstić information content (AvgIpc) is 3.58. The molecule has 1 aromatic carbocycles. The molecule has 3 heterocycles. The molecule has 2 aromatic heterocycles. The van der Waals surface area contributed by atoms with Gasteiger partial charge in [-0.2, -0.15) is 19.4 Å². The first kappa shape index (κ1) is 34.5. The normalized spacial score (nSPS) is 21.5. The lowest BCUT2D eigenvalue weighted by Crippen LogP contribution is -2.46. The van der Waals surface area contributed by atoms with Crippen molar-refractivity contribution in [2.24, 2.45) is 11.8 Å². The van der Waals surface area contributed by atoms with Crippen LogP contribution in [0.25, 0.3) is 11.2 Å². The van der Waals surface area contributed by atoms with Crippen LogP contribution in [0.1, 0.15) is 47.3 Å². The molecule has 246 valence electrons. The topological polar surface area (TPSA) is 193 Å². The molecular formula is C29H34FN6O9P. The van der Waals surface area contributed by atoms with Gasteiger partial charge < -0.3 is 24.4 Å². The third-order valence-corrected chi connectivity index (χ3v) is 8.49. The van der Waals surface area contributed by atoms with E-state index in [4.69, 9.17) is 24.9 Å². The molecule has 1 saturated heterocycles. The number of carboxylic acid groups (broad SMARTS) is 1. The molecule has 1 fully saturated rings. The van der Waals surface area contributed by atoms with Crippen LogP contribution < -0.4 is 14.9 Å². The van der Waals surface area contributed by atoms with Crippen LogP contribution in [0.2, 0.25) is 0 Å². The first-order valence-corrected chi connectivity index (χ1v) is 15.8. The largest absolute Gasteiger partial charge is 0.480 e. The van der Waals surface area contributed by atoms with Gasteiger partial charge in [-0.05, 0) is 19.1 Å². The highest BCUT2D eigenvalue weighted by Crippen LogP contribution is 2.48. The van der Waals surface area contributed by atoms with Gasteiger partial charge >= 0.3 is 25.8 Å². The molecule has 3 N–H and O–H groups in total. The van der Waals surface area contributed by atoms with Gasteiger partial charge in [0, 0.05) is 12.3 Å². The van der Waals surface area contributed by atoms with Crippen LogP contribution in [0.3, 0.4) is 0 Å². The summed E-state index contributed by atoms with van der Waals surface area (Å²) in [6, 6.07) is 6.50. The van der Waals surface area contributed by atoms with Crippen molar-refractivity contribution in [2.45, 2.75) is 65.0 Å². The van der Waals surface area contributed by atoms with Crippen molar-refractivity contribution < 1.29 is 47.0 Å². The number of aromatic nitrogens is 4. The third-order valence-electron chi connectivity index (χ3n) is 6.87. The molecule has 1 aliphatic heterocycles. The van der Waals surface area contributed by atoms with E-state index in [2.05, 4.69) is 31.3 Å². The van der Waals surface area contributed by atoms with Crippen LogP contribution in [0.4, 0.5) is 10.2 Å². The highest BCUT2D eigenvalue weighted by atomic mass is 31.2. The first-order valence-electron chi connectivity index (χ1n) is 14.2. The van der Waals surface area contributed by atoms with Crippen LogP contribution in [0.5, 0.6) is 5.75 Å². The maximum atomic E-state index is 14.6. The predicted molar refractivity (Wildman–Crippen MR) is 161 cm³/mol. The number of carbonyl (C=O) groups excluding carboxylic acids is 2. The predicted octanol–water partition coefficient (Wildman–Crippen LogP) is 3.69. The molecule has 1 aliphatic rings. The van der Waals surface area contributed by atoms with E-state index in [0.717, 1.165) is 0 Å². The molecule has 0 spiro atoms. The Morgan fingerprint density at radius 2 is 1.89 bits per heavy atom. The van der Waals surface area contributed by atoms with E-state index in [0.29, 0.717) is 0 Å². The van der Waals surface area contributed by atoms with Gasteiger partial charge in [-0.3, -0.25) is 23.5 Å². The number of amides is 1. The zero-order chi connectivity index (χ0) is 33.8. The number of hydrogen-bond acceptors (Lipinski definition) is 11. The lowest BCUT2D eigenvalue weighted by atomic mass is 9.98. The van der Waals surface area contributed by atoms with Crippen molar-refractivity contribution in [1.82, 2.24) is 24.6 Å². The van der Waals surface area contributed by atoms with E-state index in [9.17, 15) is 28.4 Å². The number of aliphatic carboxylic acids is 1. The van der Waals surface area contributed by atoms with Crippen LogP contribution in [0, 0.1) is 30.3 Å². The number of imidazole rings is 1. The second-order valence-corrected chi connectivity index (χ2v) is 12.8. The Morgan fingerprint density at radius 3 is 2.50 bits per heavy atom. The van der Waals surface area contributed by atoms with Crippen LogP contribution >= 0.6 is 7.75 Å². The summed E-state index contributed by atoms with van der Waals surface area (Å²) in [5.41, 5.74) is -1.92. The van der Waals surface area contributed by atoms with Gasteiger partial charge in [0.15, 0.2) is 22.6 Å². The fourth-order valence-corrected chi connectivity index (χ4v) is 5.78. The molecular weight excluding hydrogens is 626 g/mol. The Morgan fingerprint density at radius 1 is 1.20 bits per heavy atom. The van der Waals surface area contributed by atoms with Crippen molar-refractivity contribution in [3.05, 3.63) is 42.7 Å². The van der Waals surface area contributed by atoms with Gasteiger partial charge in [-0.15, -0.1) is 6.42 Å². The number of rotatable bonds is 13. The minimum Gasteiger partial charge on any atom is -0.480 e. The maximum Gasteiger partial charge on any atom is 0.459 e. The second-order valence-electron chi connectivity index (χ2n) is 11.1. The molecule has 4 rings (SSSR count). The van der Waals surface area contributed by atoms with Gasteiger partial charge in [0.05, 0.1) is 12.2 Å². The number of esters is 1. The standard InChI is InChI=1S/C29H34FN6O9P/c1-7-29(14-42-46(41,35-18(6)26(38)39)45-19-11-9-8-10-12-19)20(43-27(40)17(4)5)13-21(44-29)36-15-31-22-23(32-25(37)16(2)3)33-28(30)34-24(22)36/h1,8-12,15-18,20-21H,13-14H2,2-6H3,(H,35,41)(H,38,39)(H,32,33,34,37)/t18?,20-,21+,29+,46?/m0/s1. The summed E-state index contributed by atoms with van der Waals surface area (Å²) in [6.45, 7) is 7.05. The number of terminal acetylenes is 1.